The Labute approximate surface area is 260 Å². The molecule has 0 radical (unpaired) electrons. The van der Waals surface area contributed by atoms with Crippen molar-refractivity contribution >= 4 is 35.2 Å². The Morgan fingerprint density at radius 1 is 1.09 bits per heavy atom. The van der Waals surface area contributed by atoms with Crippen LogP contribution in [0.15, 0.2) is 49.6 Å². The summed E-state index contributed by atoms with van der Waals surface area (Å²) in [6.07, 6.45) is 10.6. The van der Waals surface area contributed by atoms with Gasteiger partial charge in [-0.1, -0.05) is 31.4 Å². The van der Waals surface area contributed by atoms with Gasteiger partial charge in [-0.2, -0.15) is 0 Å². The van der Waals surface area contributed by atoms with Gasteiger partial charge in [0.05, 0.1) is 23.2 Å². The summed E-state index contributed by atoms with van der Waals surface area (Å²) in [4.78, 5) is 49.2. The zero-order valence-electron chi connectivity index (χ0n) is 25.7. The predicted molar refractivity (Wildman–Crippen MR) is 171 cm³/mol. The number of benzene rings is 1. The Bertz CT molecular complexity index is 1220. The molecule has 1 spiro atoms. The van der Waals surface area contributed by atoms with Gasteiger partial charge in [0.2, 0.25) is 17.7 Å². The molecule has 3 heterocycles. The molecule has 4 aliphatic rings. The van der Waals surface area contributed by atoms with Crippen LogP contribution in [-0.2, 0) is 14.4 Å². The molecule has 9 heteroatoms. The standard InChI is InChI=1S/C34H47N3O5S/c1-5-20-35(25-14-16-26(17-15-25)42-7-3)30(39)27-28-31(40)37(22-11-23-38)29(34(28)19-18-33(27,4)43-34)32(41)36(21-6-2)24-12-9-8-10-13-24/h5-6,14-17,24,27-29,38H,1-2,7-13,18-23H2,3-4H3/t27-,28+,29?,33+,34?/m1/s1. The van der Waals surface area contributed by atoms with Crippen molar-refractivity contribution < 1.29 is 24.2 Å². The van der Waals surface area contributed by atoms with E-state index in [1.54, 1.807) is 33.7 Å². The van der Waals surface area contributed by atoms with E-state index >= 15 is 0 Å². The third-order valence-electron chi connectivity index (χ3n) is 10.00. The number of hydrogen-bond donors (Lipinski definition) is 1. The van der Waals surface area contributed by atoms with Crippen LogP contribution in [-0.4, -0.2) is 87.1 Å². The number of ether oxygens (including phenoxy) is 1. The lowest BCUT2D eigenvalue weighted by Gasteiger charge is -2.41. The number of fused-ring (bicyclic) bond motifs is 1. The zero-order valence-corrected chi connectivity index (χ0v) is 26.5. The van der Waals surface area contributed by atoms with Crippen LogP contribution < -0.4 is 9.64 Å². The minimum Gasteiger partial charge on any atom is -0.494 e. The van der Waals surface area contributed by atoms with Crippen LogP contribution in [0.5, 0.6) is 5.75 Å². The molecule has 3 aliphatic heterocycles. The minimum absolute atomic E-state index is 0.0279. The molecule has 5 atom stereocenters. The topological polar surface area (TPSA) is 90.4 Å². The van der Waals surface area contributed by atoms with Gasteiger partial charge in [-0.3, -0.25) is 14.4 Å². The SMILES string of the molecule is C=CCN(C(=O)[C@H]1[C@H]2C(=O)N(CCCO)C(C(=O)N(CC=C)C3CCCCC3)C23CC[C@]1(C)S3)c1ccc(OCC)cc1. The molecule has 2 bridgehead atoms. The number of thioether (sulfide) groups is 1. The average Bonchev–Trinajstić information content (AvgIpc) is 3.58. The maximum Gasteiger partial charge on any atom is 0.247 e. The summed E-state index contributed by atoms with van der Waals surface area (Å²) < 4.78 is 4.45. The minimum atomic E-state index is -0.689. The van der Waals surface area contributed by atoms with Gasteiger partial charge >= 0.3 is 0 Å². The molecule has 5 rings (SSSR count). The van der Waals surface area contributed by atoms with Gasteiger partial charge in [-0.05, 0) is 70.2 Å². The maximum atomic E-state index is 14.7. The van der Waals surface area contributed by atoms with Gasteiger partial charge in [-0.15, -0.1) is 24.9 Å². The third-order valence-corrected chi connectivity index (χ3v) is 12.0. The van der Waals surface area contributed by atoms with Gasteiger partial charge in [0.25, 0.3) is 0 Å². The van der Waals surface area contributed by atoms with E-state index in [1.807, 2.05) is 36.1 Å². The fourth-order valence-electron chi connectivity index (χ4n) is 8.18. The number of carbonyl (C=O) groups excluding carboxylic acids is 3. The van der Waals surface area contributed by atoms with Crippen LogP contribution in [0, 0.1) is 11.8 Å². The second-order valence-corrected chi connectivity index (χ2v) is 14.5. The van der Waals surface area contributed by atoms with Crippen molar-refractivity contribution in [3.63, 3.8) is 0 Å². The molecule has 0 aromatic heterocycles. The van der Waals surface area contributed by atoms with Gasteiger partial charge in [0, 0.05) is 42.7 Å². The van der Waals surface area contributed by atoms with Gasteiger partial charge in [0.1, 0.15) is 11.8 Å². The first kappa shape index (κ1) is 31.6. The molecule has 1 aromatic rings. The van der Waals surface area contributed by atoms with Gasteiger partial charge in [-0.25, -0.2) is 0 Å². The van der Waals surface area contributed by atoms with Crippen LogP contribution >= 0.6 is 11.8 Å². The van der Waals surface area contributed by atoms with Crippen molar-refractivity contribution in [2.24, 2.45) is 11.8 Å². The molecular weight excluding hydrogens is 562 g/mol. The average molecular weight is 610 g/mol. The lowest BCUT2D eigenvalue weighted by atomic mass is 9.66. The number of aliphatic hydroxyl groups is 1. The van der Waals surface area contributed by atoms with Crippen molar-refractivity contribution in [2.45, 2.75) is 86.8 Å². The first-order chi connectivity index (χ1) is 20.8. The molecule has 8 nitrogen and oxygen atoms in total. The largest absolute Gasteiger partial charge is 0.494 e. The van der Waals surface area contributed by atoms with E-state index < -0.39 is 27.4 Å². The highest BCUT2D eigenvalue weighted by Crippen LogP contribution is 2.71. The number of hydrogen-bond acceptors (Lipinski definition) is 6. The molecule has 1 aliphatic carbocycles. The Balaban J connectivity index is 1.52. The number of likely N-dealkylation sites (tertiary alicyclic amines) is 1. The van der Waals surface area contributed by atoms with E-state index in [4.69, 9.17) is 4.74 Å². The fourth-order valence-corrected chi connectivity index (χ4v) is 10.5. The summed E-state index contributed by atoms with van der Waals surface area (Å²) in [7, 11) is 0. The molecular formula is C34H47N3O5S. The summed E-state index contributed by atoms with van der Waals surface area (Å²) in [5, 5.41) is 9.73. The Morgan fingerprint density at radius 3 is 2.42 bits per heavy atom. The van der Waals surface area contributed by atoms with Crippen LogP contribution in [0.25, 0.3) is 0 Å². The van der Waals surface area contributed by atoms with E-state index in [9.17, 15) is 19.5 Å². The maximum absolute atomic E-state index is 14.7. The van der Waals surface area contributed by atoms with Gasteiger partial charge < -0.3 is 24.5 Å². The Hall–Kier alpha value is -2.78. The fraction of sp³-hybridized carbons (Fsp3) is 0.618. The summed E-state index contributed by atoms with van der Waals surface area (Å²) >= 11 is 1.70. The Morgan fingerprint density at radius 2 is 1.79 bits per heavy atom. The number of nitrogens with zero attached hydrogens (tertiary/aromatic N) is 3. The molecule has 3 saturated heterocycles. The van der Waals surface area contributed by atoms with Crippen molar-refractivity contribution in [3.05, 3.63) is 49.6 Å². The highest BCUT2D eigenvalue weighted by atomic mass is 32.2. The summed E-state index contributed by atoms with van der Waals surface area (Å²) in [5.41, 5.74) is 0.725. The zero-order chi connectivity index (χ0) is 30.8. The van der Waals surface area contributed by atoms with Crippen molar-refractivity contribution in [1.29, 1.82) is 0 Å². The second-order valence-electron chi connectivity index (χ2n) is 12.6. The van der Waals surface area contributed by atoms with Gasteiger partial charge in [0.15, 0.2) is 0 Å². The van der Waals surface area contributed by atoms with E-state index in [0.29, 0.717) is 39.1 Å². The predicted octanol–water partition coefficient (Wildman–Crippen LogP) is 4.82. The lowest BCUT2D eigenvalue weighted by molar-refractivity contribution is -0.144. The number of anilines is 1. The molecule has 2 unspecified atom stereocenters. The summed E-state index contributed by atoms with van der Waals surface area (Å²) in [6.45, 7) is 13.4. The number of aliphatic hydroxyl groups excluding tert-OH is 1. The molecule has 234 valence electrons. The van der Waals surface area contributed by atoms with Crippen LogP contribution in [0.4, 0.5) is 5.69 Å². The highest BCUT2D eigenvalue weighted by molar-refractivity contribution is 8.02. The first-order valence-electron chi connectivity index (χ1n) is 15.9. The third kappa shape index (κ3) is 5.52. The number of rotatable bonds is 13. The lowest BCUT2D eigenvalue weighted by Crippen LogP contribution is -2.57. The first-order valence-corrected chi connectivity index (χ1v) is 16.8. The van der Waals surface area contributed by atoms with E-state index in [-0.39, 0.29) is 30.4 Å². The normalized spacial score (nSPS) is 29.8. The van der Waals surface area contributed by atoms with E-state index in [1.165, 1.54) is 6.42 Å². The summed E-state index contributed by atoms with van der Waals surface area (Å²) in [6, 6.07) is 6.92. The van der Waals surface area contributed by atoms with E-state index in [0.717, 1.165) is 43.5 Å². The van der Waals surface area contributed by atoms with Crippen molar-refractivity contribution in [3.8, 4) is 5.75 Å². The molecule has 43 heavy (non-hydrogen) atoms. The number of carbonyl (C=O) groups is 3. The molecule has 3 amide bonds. The van der Waals surface area contributed by atoms with Crippen LogP contribution in [0.2, 0.25) is 0 Å². The molecule has 1 aromatic carbocycles. The number of amides is 3. The molecule has 1 saturated carbocycles. The smallest absolute Gasteiger partial charge is 0.247 e. The Kier molecular flexibility index (Phi) is 9.61. The molecule has 4 fully saturated rings. The second kappa shape index (κ2) is 13.1. The summed E-state index contributed by atoms with van der Waals surface area (Å²) in [5.74, 6) is -0.726. The van der Waals surface area contributed by atoms with Crippen LogP contribution in [0.1, 0.15) is 65.2 Å². The quantitative estimate of drug-likeness (QED) is 0.323. The van der Waals surface area contributed by atoms with Crippen molar-refractivity contribution in [1.82, 2.24) is 9.80 Å². The van der Waals surface area contributed by atoms with Crippen molar-refractivity contribution in [2.75, 3.05) is 37.7 Å². The van der Waals surface area contributed by atoms with E-state index in [2.05, 4.69) is 20.1 Å². The van der Waals surface area contributed by atoms with Crippen LogP contribution in [0.3, 0.4) is 0 Å². The highest BCUT2D eigenvalue weighted by Gasteiger charge is 2.77. The molecule has 1 N–H and O–H groups in total. The monoisotopic (exact) mass is 609 g/mol.